The van der Waals surface area contributed by atoms with Crippen LogP contribution >= 0.6 is 15.9 Å². The van der Waals surface area contributed by atoms with Crippen LogP contribution in [0.15, 0.2) is 28.7 Å². The van der Waals surface area contributed by atoms with Crippen LogP contribution in [0.2, 0.25) is 0 Å². The summed E-state index contributed by atoms with van der Waals surface area (Å²) in [5.41, 5.74) is 1.48. The van der Waals surface area contributed by atoms with Gasteiger partial charge in [-0.15, -0.1) is 0 Å². The summed E-state index contributed by atoms with van der Waals surface area (Å²) >= 11 is 3.52. The van der Waals surface area contributed by atoms with E-state index in [0.29, 0.717) is 44.4 Å². The van der Waals surface area contributed by atoms with E-state index < -0.39 is 0 Å². The summed E-state index contributed by atoms with van der Waals surface area (Å²) in [5.74, 6) is 0.254. The van der Waals surface area contributed by atoms with Crippen LogP contribution in [0, 0.1) is 5.92 Å². The lowest BCUT2D eigenvalue weighted by Crippen LogP contribution is -2.51. The first-order chi connectivity index (χ1) is 12.0. The van der Waals surface area contributed by atoms with Crippen LogP contribution in [0.4, 0.5) is 4.79 Å². The number of carbonyl (C=O) groups excluding carboxylic acids is 2. The summed E-state index contributed by atoms with van der Waals surface area (Å²) in [6.45, 7) is 6.39. The van der Waals surface area contributed by atoms with Gasteiger partial charge in [-0.05, 0) is 27.9 Å². The summed E-state index contributed by atoms with van der Waals surface area (Å²) in [6.07, 6.45) is -0.299. The monoisotopic (exact) mass is 407 g/mol. The molecule has 1 aliphatic heterocycles. The van der Waals surface area contributed by atoms with Crippen molar-refractivity contribution in [3.63, 3.8) is 0 Å². The van der Waals surface area contributed by atoms with Gasteiger partial charge in [-0.1, -0.05) is 32.0 Å². The predicted octanol–water partition coefficient (Wildman–Crippen LogP) is 3.48. The fourth-order valence-corrected chi connectivity index (χ4v) is 3.45. The van der Waals surface area contributed by atoms with Crippen LogP contribution in [-0.4, -0.2) is 59.6 Å². The highest BCUT2D eigenvalue weighted by molar-refractivity contribution is 9.10. The van der Waals surface area contributed by atoms with E-state index in [9.17, 15) is 9.59 Å². The molecule has 134 valence electrons. The molecule has 1 saturated heterocycles. The maximum atomic E-state index is 12.8. The Morgan fingerprint density at radius 3 is 2.44 bits per heavy atom. The maximum absolute atomic E-state index is 12.8. The number of para-hydroxylation sites is 1. The molecule has 2 aromatic rings. The zero-order chi connectivity index (χ0) is 18.0. The zero-order valence-electron chi connectivity index (χ0n) is 14.4. The summed E-state index contributed by atoms with van der Waals surface area (Å²) in [4.78, 5) is 31.4. The fourth-order valence-electron chi connectivity index (χ4n) is 2.83. The molecule has 0 bridgehead atoms. The van der Waals surface area contributed by atoms with Gasteiger partial charge < -0.3 is 19.5 Å². The quantitative estimate of drug-likeness (QED) is 0.846. The Labute approximate surface area is 155 Å². The molecule has 1 fully saturated rings. The normalized spacial score (nSPS) is 15.0. The third kappa shape index (κ3) is 3.81. The number of carbonyl (C=O) groups is 2. The molecule has 1 aromatic heterocycles. The third-order valence-electron chi connectivity index (χ3n) is 4.22. The highest BCUT2D eigenvalue weighted by atomic mass is 79.9. The Bertz CT molecular complexity index is 779. The number of rotatable bonds is 3. The maximum Gasteiger partial charge on any atom is 0.409 e. The molecule has 0 saturated carbocycles. The number of benzene rings is 1. The largest absolute Gasteiger partial charge is 0.449 e. The number of nitrogens with zero attached hydrogens (tertiary/aromatic N) is 2. The van der Waals surface area contributed by atoms with Crippen LogP contribution in [0.5, 0.6) is 0 Å². The number of H-pyrrole nitrogens is 1. The van der Waals surface area contributed by atoms with Gasteiger partial charge in [-0.2, -0.15) is 0 Å². The molecular formula is C18H22BrN3O3. The lowest BCUT2D eigenvalue weighted by molar-refractivity contribution is 0.0531. The molecule has 1 aromatic carbocycles. The van der Waals surface area contributed by atoms with Gasteiger partial charge in [0, 0.05) is 37.1 Å². The number of hydrogen-bond acceptors (Lipinski definition) is 3. The minimum Gasteiger partial charge on any atom is -0.449 e. The average Bonchev–Trinajstić information content (AvgIpc) is 2.96. The van der Waals surface area contributed by atoms with Crippen molar-refractivity contribution in [3.05, 3.63) is 34.4 Å². The number of aromatic amines is 1. The lowest BCUT2D eigenvalue weighted by Gasteiger charge is -2.34. The van der Waals surface area contributed by atoms with E-state index in [1.165, 1.54) is 0 Å². The Hall–Kier alpha value is -2.02. The molecule has 3 rings (SSSR count). The van der Waals surface area contributed by atoms with Crippen molar-refractivity contribution < 1.29 is 14.3 Å². The molecule has 0 aliphatic carbocycles. The molecule has 6 nitrogen and oxygen atoms in total. The van der Waals surface area contributed by atoms with E-state index in [0.717, 1.165) is 15.4 Å². The van der Waals surface area contributed by atoms with Crippen molar-refractivity contribution in [1.29, 1.82) is 0 Å². The van der Waals surface area contributed by atoms with E-state index in [1.807, 2.05) is 38.1 Å². The molecule has 0 radical (unpaired) electrons. The molecule has 2 amide bonds. The SMILES string of the molecule is CC(C)COC(=O)N1CCN(C(=O)c2[nH]c3ccccc3c2Br)CC1. The highest BCUT2D eigenvalue weighted by Crippen LogP contribution is 2.28. The number of piperazine rings is 1. The van der Waals surface area contributed by atoms with Gasteiger partial charge in [0.15, 0.2) is 0 Å². The van der Waals surface area contributed by atoms with Crippen molar-refractivity contribution in [2.45, 2.75) is 13.8 Å². The fraction of sp³-hybridized carbons (Fsp3) is 0.444. The van der Waals surface area contributed by atoms with Crippen molar-refractivity contribution in [2.24, 2.45) is 5.92 Å². The van der Waals surface area contributed by atoms with Gasteiger partial charge in [0.1, 0.15) is 5.69 Å². The van der Waals surface area contributed by atoms with E-state index in [1.54, 1.807) is 9.80 Å². The molecule has 2 heterocycles. The van der Waals surface area contributed by atoms with Gasteiger partial charge in [0.25, 0.3) is 5.91 Å². The lowest BCUT2D eigenvalue weighted by atomic mass is 10.2. The number of hydrogen-bond donors (Lipinski definition) is 1. The van der Waals surface area contributed by atoms with Crippen LogP contribution in [0.25, 0.3) is 10.9 Å². The Kier molecular flexibility index (Phi) is 5.32. The van der Waals surface area contributed by atoms with Crippen molar-refractivity contribution in [3.8, 4) is 0 Å². The van der Waals surface area contributed by atoms with Crippen molar-refractivity contribution in [1.82, 2.24) is 14.8 Å². The predicted molar refractivity (Wildman–Crippen MR) is 99.7 cm³/mol. The van der Waals surface area contributed by atoms with Crippen LogP contribution < -0.4 is 0 Å². The van der Waals surface area contributed by atoms with E-state index >= 15 is 0 Å². The van der Waals surface area contributed by atoms with Crippen LogP contribution in [0.1, 0.15) is 24.3 Å². The number of halogens is 1. The molecule has 1 aliphatic rings. The van der Waals surface area contributed by atoms with Gasteiger partial charge in [-0.3, -0.25) is 4.79 Å². The Morgan fingerprint density at radius 2 is 1.80 bits per heavy atom. The third-order valence-corrected chi connectivity index (χ3v) is 5.05. The zero-order valence-corrected chi connectivity index (χ0v) is 16.0. The van der Waals surface area contributed by atoms with Crippen molar-refractivity contribution in [2.75, 3.05) is 32.8 Å². The smallest absolute Gasteiger partial charge is 0.409 e. The van der Waals surface area contributed by atoms with Gasteiger partial charge in [0.05, 0.1) is 11.1 Å². The summed E-state index contributed by atoms with van der Waals surface area (Å²) in [7, 11) is 0. The topological polar surface area (TPSA) is 65.6 Å². The molecule has 0 atom stereocenters. The Balaban J connectivity index is 1.63. The van der Waals surface area contributed by atoms with E-state index in [2.05, 4.69) is 20.9 Å². The molecule has 0 unspecified atom stereocenters. The summed E-state index contributed by atoms with van der Waals surface area (Å²) in [6, 6.07) is 7.78. The van der Waals surface area contributed by atoms with E-state index in [4.69, 9.17) is 4.74 Å². The van der Waals surface area contributed by atoms with Crippen LogP contribution in [-0.2, 0) is 4.74 Å². The number of amides is 2. The number of ether oxygens (including phenoxy) is 1. The molecule has 1 N–H and O–H groups in total. The first kappa shape index (κ1) is 17.8. The summed E-state index contributed by atoms with van der Waals surface area (Å²) < 4.78 is 6.04. The van der Waals surface area contributed by atoms with E-state index in [-0.39, 0.29) is 12.0 Å². The minimum atomic E-state index is -0.299. The number of aromatic nitrogens is 1. The first-order valence-electron chi connectivity index (χ1n) is 8.44. The second-order valence-electron chi connectivity index (χ2n) is 6.61. The van der Waals surface area contributed by atoms with Crippen LogP contribution in [0.3, 0.4) is 0 Å². The van der Waals surface area contributed by atoms with Gasteiger partial charge >= 0.3 is 6.09 Å². The standard InChI is InChI=1S/C18H22BrN3O3/c1-12(2)11-25-18(24)22-9-7-21(8-10-22)17(23)16-15(19)13-5-3-4-6-14(13)20-16/h3-6,12,20H,7-11H2,1-2H3. The first-order valence-corrected chi connectivity index (χ1v) is 9.24. The second kappa shape index (κ2) is 7.47. The van der Waals surface area contributed by atoms with Gasteiger partial charge in [0.2, 0.25) is 0 Å². The molecule has 7 heteroatoms. The number of nitrogens with one attached hydrogen (secondary N) is 1. The van der Waals surface area contributed by atoms with Crippen molar-refractivity contribution >= 4 is 38.8 Å². The second-order valence-corrected chi connectivity index (χ2v) is 7.40. The molecular weight excluding hydrogens is 386 g/mol. The van der Waals surface area contributed by atoms with Gasteiger partial charge in [-0.25, -0.2) is 4.79 Å². The Morgan fingerprint density at radius 1 is 1.16 bits per heavy atom. The summed E-state index contributed by atoms with van der Waals surface area (Å²) in [5, 5.41) is 0.988. The molecule has 25 heavy (non-hydrogen) atoms. The number of fused-ring (bicyclic) bond motifs is 1. The molecule has 0 spiro atoms. The average molecular weight is 408 g/mol. The highest BCUT2D eigenvalue weighted by Gasteiger charge is 2.28. The minimum absolute atomic E-state index is 0.0572.